The van der Waals surface area contributed by atoms with Crippen LogP contribution in [0.1, 0.15) is 50.5 Å². The van der Waals surface area contributed by atoms with Crippen molar-refractivity contribution in [2.45, 2.75) is 61.5 Å². The Morgan fingerprint density at radius 1 is 0.778 bits per heavy atom. The van der Waals surface area contributed by atoms with Crippen molar-refractivity contribution in [3.8, 4) is 0 Å². The highest BCUT2D eigenvalue weighted by Gasteiger charge is 2.33. The fourth-order valence-electron chi connectivity index (χ4n) is 3.20. The molecule has 0 amide bonds. The van der Waals surface area contributed by atoms with Crippen LogP contribution in [-0.4, -0.2) is 24.7 Å². The minimum atomic E-state index is -3.83. The quantitative estimate of drug-likeness (QED) is 0.526. The number of aryl methyl sites for hydroxylation is 1. The first-order valence-electron chi connectivity index (χ1n) is 9.57. The average molecular weight is 389 g/mol. The molecule has 1 N–H and O–H groups in total. The van der Waals surface area contributed by atoms with Gasteiger partial charge in [-0.25, -0.2) is 8.42 Å². The summed E-state index contributed by atoms with van der Waals surface area (Å²) in [5.41, 5.74) is 1.35. The number of carbonyl (C=O) groups is 1. The molecule has 146 valence electrons. The lowest BCUT2D eigenvalue weighted by molar-refractivity contribution is -0.136. The summed E-state index contributed by atoms with van der Waals surface area (Å²) in [7, 11) is -3.83. The lowest BCUT2D eigenvalue weighted by Gasteiger charge is -2.13. The van der Waals surface area contributed by atoms with E-state index in [0.29, 0.717) is 6.42 Å². The van der Waals surface area contributed by atoms with Gasteiger partial charge in [-0.05, 0) is 37.0 Å². The van der Waals surface area contributed by atoms with Crippen LogP contribution in [-0.2, 0) is 21.1 Å². The standard InChI is InChI=1S/C22H28O4S/c23-22(24)21(27(25,26)20-16-10-6-11-17-20)18-12-4-2-1-3-7-13-19-14-8-5-9-15-19/h5-6,8-11,14-17,21H,1-4,7,12-13,18H2,(H,23,24). The Morgan fingerprint density at radius 3 is 1.89 bits per heavy atom. The van der Waals surface area contributed by atoms with E-state index in [1.54, 1.807) is 18.2 Å². The van der Waals surface area contributed by atoms with E-state index in [1.165, 1.54) is 17.7 Å². The number of carboxylic acid groups (broad SMARTS) is 1. The number of benzene rings is 2. The Kier molecular flexibility index (Phi) is 8.52. The van der Waals surface area contributed by atoms with Gasteiger partial charge in [0, 0.05) is 0 Å². The zero-order valence-corrected chi connectivity index (χ0v) is 16.4. The van der Waals surface area contributed by atoms with Gasteiger partial charge >= 0.3 is 5.97 Å². The summed E-state index contributed by atoms with van der Waals surface area (Å²) in [6.07, 6.45) is 7.10. The Balaban J connectivity index is 1.69. The van der Waals surface area contributed by atoms with Gasteiger partial charge in [0.25, 0.3) is 0 Å². The van der Waals surface area contributed by atoms with Crippen molar-refractivity contribution in [1.29, 1.82) is 0 Å². The van der Waals surface area contributed by atoms with Crippen molar-refractivity contribution < 1.29 is 18.3 Å². The topological polar surface area (TPSA) is 71.4 Å². The Bertz CT molecular complexity index is 786. The van der Waals surface area contributed by atoms with Gasteiger partial charge in [-0.1, -0.05) is 80.6 Å². The molecule has 4 nitrogen and oxygen atoms in total. The number of hydrogen-bond acceptors (Lipinski definition) is 3. The second-order valence-corrected chi connectivity index (χ2v) is 8.96. The van der Waals surface area contributed by atoms with Crippen LogP contribution in [0.4, 0.5) is 0 Å². The first-order chi connectivity index (χ1) is 13.0. The minimum Gasteiger partial charge on any atom is -0.480 e. The van der Waals surface area contributed by atoms with Crippen LogP contribution in [0.3, 0.4) is 0 Å². The van der Waals surface area contributed by atoms with Crippen LogP contribution >= 0.6 is 0 Å². The normalized spacial score (nSPS) is 12.6. The summed E-state index contributed by atoms with van der Waals surface area (Å²) >= 11 is 0. The first kappa shape index (κ1) is 21.2. The summed E-state index contributed by atoms with van der Waals surface area (Å²) < 4.78 is 25.1. The van der Waals surface area contributed by atoms with E-state index in [9.17, 15) is 18.3 Å². The van der Waals surface area contributed by atoms with Gasteiger partial charge < -0.3 is 5.11 Å². The van der Waals surface area contributed by atoms with Crippen LogP contribution in [0, 0.1) is 0 Å². The largest absolute Gasteiger partial charge is 0.480 e. The zero-order chi connectivity index (χ0) is 19.5. The van der Waals surface area contributed by atoms with Crippen LogP contribution in [0.15, 0.2) is 65.6 Å². The van der Waals surface area contributed by atoms with Gasteiger partial charge in [0.05, 0.1) is 4.90 Å². The van der Waals surface area contributed by atoms with Gasteiger partial charge in [0.15, 0.2) is 15.1 Å². The summed E-state index contributed by atoms with van der Waals surface area (Å²) in [5, 5.41) is 8.01. The molecule has 0 aliphatic carbocycles. The van der Waals surface area contributed by atoms with Crippen molar-refractivity contribution in [2.75, 3.05) is 0 Å². The highest BCUT2D eigenvalue weighted by atomic mass is 32.2. The van der Waals surface area contributed by atoms with Gasteiger partial charge in [0.1, 0.15) is 0 Å². The maximum absolute atomic E-state index is 12.5. The molecule has 2 aromatic rings. The second kappa shape index (κ2) is 10.9. The SMILES string of the molecule is O=C(O)C(CCCCCCCCc1ccccc1)S(=O)(=O)c1ccccc1. The number of sulfone groups is 1. The van der Waals surface area contributed by atoms with E-state index < -0.39 is 21.1 Å². The third-order valence-corrected chi connectivity index (χ3v) is 6.86. The molecule has 0 heterocycles. The van der Waals surface area contributed by atoms with E-state index >= 15 is 0 Å². The molecule has 0 saturated carbocycles. The number of unbranched alkanes of at least 4 members (excludes halogenated alkanes) is 5. The van der Waals surface area contributed by atoms with Crippen LogP contribution in [0.2, 0.25) is 0 Å². The Hall–Kier alpha value is -2.14. The molecule has 27 heavy (non-hydrogen) atoms. The monoisotopic (exact) mass is 388 g/mol. The molecular formula is C22H28O4S. The molecule has 1 unspecified atom stereocenters. The molecule has 5 heteroatoms. The molecule has 1 atom stereocenters. The van der Waals surface area contributed by atoms with E-state index in [1.807, 2.05) is 6.07 Å². The molecule has 2 rings (SSSR count). The summed E-state index contributed by atoms with van der Waals surface area (Å²) in [4.78, 5) is 11.6. The lowest BCUT2D eigenvalue weighted by atomic mass is 10.0. The maximum atomic E-state index is 12.5. The fraction of sp³-hybridized carbons (Fsp3) is 0.409. The van der Waals surface area contributed by atoms with Gasteiger partial charge in [0.2, 0.25) is 0 Å². The van der Waals surface area contributed by atoms with Gasteiger partial charge in [-0.3, -0.25) is 4.79 Å². The number of hydrogen-bond donors (Lipinski definition) is 1. The molecule has 0 saturated heterocycles. The lowest BCUT2D eigenvalue weighted by Crippen LogP contribution is -2.30. The van der Waals surface area contributed by atoms with Crippen molar-refractivity contribution in [3.63, 3.8) is 0 Å². The van der Waals surface area contributed by atoms with Crippen molar-refractivity contribution in [3.05, 3.63) is 66.2 Å². The summed E-state index contributed by atoms with van der Waals surface area (Å²) in [5.74, 6) is -1.26. The molecule has 0 aromatic heterocycles. The second-order valence-electron chi connectivity index (χ2n) is 6.83. The van der Waals surface area contributed by atoms with E-state index in [4.69, 9.17) is 0 Å². The van der Waals surface area contributed by atoms with E-state index in [-0.39, 0.29) is 11.3 Å². The number of aliphatic carboxylic acids is 1. The highest BCUT2D eigenvalue weighted by molar-refractivity contribution is 7.92. The molecular weight excluding hydrogens is 360 g/mol. The first-order valence-corrected chi connectivity index (χ1v) is 11.1. The highest BCUT2D eigenvalue weighted by Crippen LogP contribution is 2.21. The molecule has 0 spiro atoms. The van der Waals surface area contributed by atoms with Gasteiger partial charge in [-0.2, -0.15) is 0 Å². The maximum Gasteiger partial charge on any atom is 0.322 e. The summed E-state index contributed by atoms with van der Waals surface area (Å²) in [6, 6.07) is 18.3. The van der Waals surface area contributed by atoms with Crippen LogP contribution in [0.25, 0.3) is 0 Å². The Labute approximate surface area is 162 Å². The van der Waals surface area contributed by atoms with E-state index in [2.05, 4.69) is 24.3 Å². The molecule has 0 radical (unpaired) electrons. The van der Waals surface area contributed by atoms with Crippen molar-refractivity contribution >= 4 is 15.8 Å². The van der Waals surface area contributed by atoms with E-state index in [0.717, 1.165) is 38.5 Å². The van der Waals surface area contributed by atoms with Crippen LogP contribution < -0.4 is 0 Å². The number of rotatable bonds is 12. The smallest absolute Gasteiger partial charge is 0.322 e. The molecule has 0 aliphatic heterocycles. The van der Waals surface area contributed by atoms with Crippen LogP contribution in [0.5, 0.6) is 0 Å². The zero-order valence-electron chi connectivity index (χ0n) is 15.6. The number of carboxylic acids is 1. The summed E-state index contributed by atoms with van der Waals surface area (Å²) in [6.45, 7) is 0. The molecule has 0 bridgehead atoms. The predicted molar refractivity (Wildman–Crippen MR) is 108 cm³/mol. The Morgan fingerprint density at radius 2 is 1.30 bits per heavy atom. The average Bonchev–Trinajstić information content (AvgIpc) is 2.67. The minimum absolute atomic E-state index is 0.0818. The predicted octanol–water partition coefficient (Wildman–Crippen LogP) is 4.89. The molecule has 0 aliphatic rings. The fourth-order valence-corrected chi connectivity index (χ4v) is 4.80. The van der Waals surface area contributed by atoms with Gasteiger partial charge in [-0.15, -0.1) is 0 Å². The molecule has 2 aromatic carbocycles. The third kappa shape index (κ3) is 6.83. The molecule has 0 fully saturated rings. The third-order valence-electron chi connectivity index (χ3n) is 4.75. The van der Waals surface area contributed by atoms with Crippen molar-refractivity contribution in [2.24, 2.45) is 0 Å². The van der Waals surface area contributed by atoms with Crippen molar-refractivity contribution in [1.82, 2.24) is 0 Å².